The van der Waals surface area contributed by atoms with Crippen molar-refractivity contribution >= 4 is 0 Å². The first-order valence-corrected chi connectivity index (χ1v) is 6.49. The van der Waals surface area contributed by atoms with Crippen LogP contribution in [0.25, 0.3) is 11.3 Å². The molecule has 0 saturated carbocycles. The van der Waals surface area contributed by atoms with E-state index in [1.54, 1.807) is 0 Å². The maximum atomic E-state index is 9.40. The Kier molecular flexibility index (Phi) is 4.22. The second-order valence-corrected chi connectivity index (χ2v) is 5.07. The topological polar surface area (TPSA) is 58.1 Å². The molecule has 4 nitrogen and oxygen atoms in total. The largest absolute Gasteiger partial charge is 0.493 e. The van der Waals surface area contributed by atoms with Crippen LogP contribution in [-0.2, 0) is 6.61 Å². The normalized spacial score (nSPS) is 11.0. The SMILES string of the molecule is Cc1[nH]nc(-c2cccc(OCC(C)C)c2)c1CO. The van der Waals surface area contributed by atoms with E-state index in [9.17, 15) is 5.11 Å². The first-order chi connectivity index (χ1) is 9.11. The molecule has 4 heteroatoms. The van der Waals surface area contributed by atoms with Crippen molar-refractivity contribution in [2.45, 2.75) is 27.4 Å². The number of hydrogen-bond acceptors (Lipinski definition) is 3. The molecule has 0 amide bonds. The van der Waals surface area contributed by atoms with Crippen LogP contribution < -0.4 is 4.74 Å². The molecule has 0 aliphatic heterocycles. The number of aliphatic hydroxyl groups is 1. The summed E-state index contributed by atoms with van der Waals surface area (Å²) in [6.07, 6.45) is 0. The first-order valence-electron chi connectivity index (χ1n) is 6.49. The van der Waals surface area contributed by atoms with Gasteiger partial charge in [-0.3, -0.25) is 5.10 Å². The molecule has 0 radical (unpaired) electrons. The summed E-state index contributed by atoms with van der Waals surface area (Å²) in [6, 6.07) is 7.80. The number of nitrogens with one attached hydrogen (secondary N) is 1. The Bertz CT molecular complexity index is 547. The standard InChI is InChI=1S/C15H20N2O2/c1-10(2)9-19-13-6-4-5-12(7-13)15-14(8-18)11(3)16-17-15/h4-7,10,18H,8-9H2,1-3H3,(H,16,17). The van der Waals surface area contributed by atoms with Crippen molar-refractivity contribution in [2.24, 2.45) is 5.92 Å². The summed E-state index contributed by atoms with van der Waals surface area (Å²) < 4.78 is 5.71. The molecule has 2 rings (SSSR count). The van der Waals surface area contributed by atoms with Crippen LogP contribution in [0.1, 0.15) is 25.1 Å². The molecular formula is C15H20N2O2. The Morgan fingerprint density at radius 1 is 1.37 bits per heavy atom. The highest BCUT2D eigenvalue weighted by Crippen LogP contribution is 2.27. The van der Waals surface area contributed by atoms with Crippen LogP contribution in [0, 0.1) is 12.8 Å². The highest BCUT2D eigenvalue weighted by atomic mass is 16.5. The van der Waals surface area contributed by atoms with E-state index in [2.05, 4.69) is 24.0 Å². The van der Waals surface area contributed by atoms with Gasteiger partial charge in [0.2, 0.25) is 0 Å². The van der Waals surface area contributed by atoms with Gasteiger partial charge in [-0.15, -0.1) is 0 Å². The van der Waals surface area contributed by atoms with Crippen molar-refractivity contribution in [2.75, 3.05) is 6.61 Å². The molecular weight excluding hydrogens is 240 g/mol. The van der Waals surface area contributed by atoms with Gasteiger partial charge in [0.05, 0.1) is 18.9 Å². The van der Waals surface area contributed by atoms with Crippen LogP contribution in [0.5, 0.6) is 5.75 Å². The van der Waals surface area contributed by atoms with Gasteiger partial charge >= 0.3 is 0 Å². The van der Waals surface area contributed by atoms with Gasteiger partial charge in [0, 0.05) is 16.8 Å². The van der Waals surface area contributed by atoms with Crippen molar-refractivity contribution in [1.29, 1.82) is 0 Å². The number of benzene rings is 1. The number of nitrogens with zero attached hydrogens (tertiary/aromatic N) is 1. The van der Waals surface area contributed by atoms with Crippen LogP contribution in [0.4, 0.5) is 0 Å². The summed E-state index contributed by atoms with van der Waals surface area (Å²) in [5, 5.41) is 16.6. The van der Waals surface area contributed by atoms with Gasteiger partial charge in [-0.25, -0.2) is 0 Å². The third-order valence-corrected chi connectivity index (χ3v) is 2.92. The van der Waals surface area contributed by atoms with Crippen LogP contribution >= 0.6 is 0 Å². The summed E-state index contributed by atoms with van der Waals surface area (Å²) in [5.74, 6) is 1.32. The zero-order valence-electron chi connectivity index (χ0n) is 11.6. The quantitative estimate of drug-likeness (QED) is 0.869. The van der Waals surface area contributed by atoms with E-state index >= 15 is 0 Å². The highest BCUT2D eigenvalue weighted by Gasteiger charge is 2.11. The van der Waals surface area contributed by atoms with Crippen LogP contribution in [0.15, 0.2) is 24.3 Å². The molecule has 0 fully saturated rings. The van der Waals surface area contributed by atoms with Gasteiger partial charge in [-0.2, -0.15) is 5.10 Å². The third kappa shape index (κ3) is 3.15. The maximum absolute atomic E-state index is 9.40. The third-order valence-electron chi connectivity index (χ3n) is 2.92. The number of aromatic nitrogens is 2. The predicted octanol–water partition coefficient (Wildman–Crippen LogP) is 2.91. The monoisotopic (exact) mass is 260 g/mol. The van der Waals surface area contributed by atoms with E-state index in [0.29, 0.717) is 12.5 Å². The second kappa shape index (κ2) is 5.89. The van der Waals surface area contributed by atoms with Gasteiger partial charge in [0.1, 0.15) is 5.75 Å². The van der Waals surface area contributed by atoms with E-state index in [0.717, 1.165) is 28.3 Å². The predicted molar refractivity (Wildman–Crippen MR) is 75.0 cm³/mol. The Morgan fingerprint density at radius 2 is 2.16 bits per heavy atom. The lowest BCUT2D eigenvalue weighted by atomic mass is 10.1. The summed E-state index contributed by atoms with van der Waals surface area (Å²) in [4.78, 5) is 0. The highest BCUT2D eigenvalue weighted by molar-refractivity contribution is 5.65. The zero-order valence-corrected chi connectivity index (χ0v) is 11.6. The second-order valence-electron chi connectivity index (χ2n) is 5.07. The van der Waals surface area contributed by atoms with Crippen molar-refractivity contribution < 1.29 is 9.84 Å². The minimum Gasteiger partial charge on any atom is -0.493 e. The zero-order chi connectivity index (χ0) is 13.8. The molecule has 19 heavy (non-hydrogen) atoms. The molecule has 2 N–H and O–H groups in total. The van der Waals surface area contributed by atoms with Crippen LogP contribution in [-0.4, -0.2) is 21.9 Å². The number of aliphatic hydroxyl groups excluding tert-OH is 1. The van der Waals surface area contributed by atoms with Gasteiger partial charge < -0.3 is 9.84 Å². The van der Waals surface area contributed by atoms with Crippen molar-refractivity contribution in [3.63, 3.8) is 0 Å². The van der Waals surface area contributed by atoms with E-state index in [1.165, 1.54) is 0 Å². The molecule has 0 unspecified atom stereocenters. The number of aryl methyl sites for hydroxylation is 1. The van der Waals surface area contributed by atoms with E-state index < -0.39 is 0 Å². The average Bonchev–Trinajstić information content (AvgIpc) is 2.78. The van der Waals surface area contributed by atoms with Crippen LogP contribution in [0.3, 0.4) is 0 Å². The van der Waals surface area contributed by atoms with E-state index in [1.807, 2.05) is 31.2 Å². The van der Waals surface area contributed by atoms with Crippen molar-refractivity contribution in [3.8, 4) is 17.0 Å². The van der Waals surface area contributed by atoms with E-state index in [4.69, 9.17) is 4.74 Å². The number of rotatable bonds is 5. The van der Waals surface area contributed by atoms with Crippen molar-refractivity contribution in [3.05, 3.63) is 35.5 Å². The van der Waals surface area contributed by atoms with Gasteiger partial charge in [-0.1, -0.05) is 26.0 Å². The smallest absolute Gasteiger partial charge is 0.119 e. The molecule has 0 spiro atoms. The Balaban J connectivity index is 2.27. The molecule has 1 aromatic carbocycles. The molecule has 2 aromatic rings. The summed E-state index contributed by atoms with van der Waals surface area (Å²) in [7, 11) is 0. The molecule has 102 valence electrons. The van der Waals surface area contributed by atoms with Crippen LogP contribution in [0.2, 0.25) is 0 Å². The molecule has 0 bridgehead atoms. The van der Waals surface area contributed by atoms with Gasteiger partial charge in [0.25, 0.3) is 0 Å². The lowest BCUT2D eigenvalue weighted by Gasteiger charge is -2.09. The molecule has 0 aliphatic rings. The van der Waals surface area contributed by atoms with Gasteiger partial charge in [-0.05, 0) is 25.0 Å². The fourth-order valence-corrected chi connectivity index (χ4v) is 1.88. The summed E-state index contributed by atoms with van der Waals surface area (Å²) >= 11 is 0. The molecule has 0 atom stereocenters. The molecule has 1 aromatic heterocycles. The summed E-state index contributed by atoms with van der Waals surface area (Å²) in [5.41, 5.74) is 3.47. The maximum Gasteiger partial charge on any atom is 0.119 e. The Hall–Kier alpha value is -1.81. The molecule has 0 aliphatic carbocycles. The van der Waals surface area contributed by atoms with Gasteiger partial charge in [0.15, 0.2) is 0 Å². The molecule has 1 heterocycles. The number of hydrogen-bond donors (Lipinski definition) is 2. The lowest BCUT2D eigenvalue weighted by molar-refractivity contribution is 0.271. The minimum absolute atomic E-state index is 0.0191. The average molecular weight is 260 g/mol. The fraction of sp³-hybridized carbons (Fsp3) is 0.400. The number of aromatic amines is 1. The first kappa shape index (κ1) is 13.6. The minimum atomic E-state index is -0.0191. The molecule has 0 saturated heterocycles. The summed E-state index contributed by atoms with van der Waals surface area (Å²) in [6.45, 7) is 6.81. The number of ether oxygens (including phenoxy) is 1. The Morgan fingerprint density at radius 3 is 2.84 bits per heavy atom. The lowest BCUT2D eigenvalue weighted by Crippen LogP contribution is -2.04. The van der Waals surface area contributed by atoms with E-state index in [-0.39, 0.29) is 6.61 Å². The number of H-pyrrole nitrogens is 1. The fourth-order valence-electron chi connectivity index (χ4n) is 1.88. The van der Waals surface area contributed by atoms with Crippen molar-refractivity contribution in [1.82, 2.24) is 10.2 Å². The Labute approximate surface area is 113 Å².